The highest BCUT2D eigenvalue weighted by molar-refractivity contribution is 7.45. The van der Waals surface area contributed by atoms with E-state index >= 15 is 0 Å². The third kappa shape index (κ3) is 57.6. The van der Waals surface area contributed by atoms with Crippen molar-refractivity contribution in [3.8, 4) is 0 Å². The van der Waals surface area contributed by atoms with Gasteiger partial charge in [-0.25, -0.2) is 0 Å². The van der Waals surface area contributed by atoms with E-state index in [9.17, 15) is 19.0 Å². The Morgan fingerprint density at radius 1 is 0.462 bits per heavy atom. The minimum absolute atomic E-state index is 0.0301. The number of allylic oxidation sites excluding steroid dienone is 15. The Morgan fingerprint density at radius 2 is 0.821 bits per heavy atom. The lowest BCUT2D eigenvalue weighted by Crippen LogP contribution is -2.47. The molecule has 0 aromatic rings. The lowest BCUT2D eigenvalue weighted by atomic mass is 10.0. The Balaban J connectivity index is 5.11. The van der Waals surface area contributed by atoms with Crippen molar-refractivity contribution in [2.45, 2.75) is 283 Å². The maximum atomic E-state index is 13.5. The van der Waals surface area contributed by atoms with Gasteiger partial charge in [0.15, 0.2) is 0 Å². The molecule has 0 aliphatic rings. The van der Waals surface area contributed by atoms with E-state index < -0.39 is 26.6 Å². The summed E-state index contributed by atoms with van der Waals surface area (Å²) in [5, 5.41) is 3.02. The summed E-state index contributed by atoms with van der Waals surface area (Å²) in [6.45, 7) is 6.70. The number of amides is 1. The first kappa shape index (κ1) is 74.9. The normalized spacial score (nSPS) is 14.3. The molecule has 0 rings (SSSR count). The van der Waals surface area contributed by atoms with Crippen LogP contribution in [-0.2, 0) is 27.9 Å². The highest BCUT2D eigenvalue weighted by Crippen LogP contribution is 2.38. The molecular formula is C68H121N2O7P. The number of ether oxygens (including phenoxy) is 1. The Morgan fingerprint density at radius 3 is 1.26 bits per heavy atom. The minimum atomic E-state index is -4.71. The van der Waals surface area contributed by atoms with Gasteiger partial charge in [0.25, 0.3) is 7.82 Å². The van der Waals surface area contributed by atoms with Crippen LogP contribution in [0.5, 0.6) is 0 Å². The summed E-state index contributed by atoms with van der Waals surface area (Å²) >= 11 is 0. The van der Waals surface area contributed by atoms with Crippen LogP contribution in [0.1, 0.15) is 271 Å². The fourth-order valence-electron chi connectivity index (χ4n) is 8.81. The number of carbonyl (C=O) groups excluding carboxylic acids is 2. The van der Waals surface area contributed by atoms with E-state index in [0.29, 0.717) is 23.9 Å². The quantitative estimate of drug-likeness (QED) is 0.0212. The number of hydrogen-bond acceptors (Lipinski definition) is 7. The maximum absolute atomic E-state index is 13.5. The van der Waals surface area contributed by atoms with E-state index in [0.717, 1.165) is 116 Å². The van der Waals surface area contributed by atoms with E-state index in [1.807, 2.05) is 33.3 Å². The molecule has 0 aromatic heterocycles. The molecule has 0 aromatic carbocycles. The number of unbranched alkanes of at least 4 members (excludes halogenated alkanes) is 27. The van der Waals surface area contributed by atoms with Crippen LogP contribution >= 0.6 is 7.82 Å². The van der Waals surface area contributed by atoms with Crippen LogP contribution < -0.4 is 10.2 Å². The van der Waals surface area contributed by atoms with Crippen molar-refractivity contribution in [2.75, 3.05) is 40.9 Å². The monoisotopic (exact) mass is 1110 g/mol. The summed E-state index contributed by atoms with van der Waals surface area (Å²) in [6, 6.07) is -0.903. The number of phosphoric ester groups is 1. The first-order valence-electron chi connectivity index (χ1n) is 32.0. The van der Waals surface area contributed by atoms with E-state index in [2.05, 4.69) is 111 Å². The van der Waals surface area contributed by atoms with Gasteiger partial charge >= 0.3 is 5.97 Å². The van der Waals surface area contributed by atoms with Crippen molar-refractivity contribution >= 4 is 19.7 Å². The maximum Gasteiger partial charge on any atom is 0.306 e. The van der Waals surface area contributed by atoms with E-state index in [4.69, 9.17) is 13.8 Å². The van der Waals surface area contributed by atoms with Gasteiger partial charge in [0.05, 0.1) is 33.8 Å². The zero-order chi connectivity index (χ0) is 57.2. The first-order chi connectivity index (χ1) is 37.9. The molecule has 0 aliphatic heterocycles. The molecular weight excluding hydrogens is 988 g/mol. The van der Waals surface area contributed by atoms with Crippen molar-refractivity contribution in [1.82, 2.24) is 5.32 Å². The fourth-order valence-corrected chi connectivity index (χ4v) is 9.54. The average Bonchev–Trinajstić information content (AvgIpc) is 3.41. The number of phosphoric acid groups is 1. The van der Waals surface area contributed by atoms with Gasteiger partial charge < -0.3 is 28.5 Å². The molecule has 3 unspecified atom stereocenters. The number of likely N-dealkylation sites (N-methyl/N-ethyl adjacent to an activating group) is 1. The first-order valence-corrected chi connectivity index (χ1v) is 33.5. The summed E-state index contributed by atoms with van der Waals surface area (Å²) < 4.78 is 30.3. The predicted octanol–water partition coefficient (Wildman–Crippen LogP) is 19.3. The van der Waals surface area contributed by atoms with Gasteiger partial charge in [-0.05, 0) is 109 Å². The van der Waals surface area contributed by atoms with E-state index in [1.54, 1.807) is 0 Å². The van der Waals surface area contributed by atoms with E-state index in [1.165, 1.54) is 116 Å². The van der Waals surface area contributed by atoms with Crippen LogP contribution in [0, 0.1) is 0 Å². The zero-order valence-electron chi connectivity index (χ0n) is 51.3. The van der Waals surface area contributed by atoms with Gasteiger partial charge in [-0.15, -0.1) is 0 Å². The second-order valence-corrected chi connectivity index (χ2v) is 23.9. The van der Waals surface area contributed by atoms with Crippen LogP contribution in [0.15, 0.2) is 97.2 Å². The number of rotatable bonds is 57. The zero-order valence-corrected chi connectivity index (χ0v) is 52.2. The molecule has 0 heterocycles. The Labute approximate surface area is 481 Å². The number of hydrogen-bond donors (Lipinski definition) is 1. The Bertz CT molecular complexity index is 1660. The van der Waals surface area contributed by atoms with Gasteiger partial charge in [0.1, 0.15) is 19.3 Å². The molecule has 450 valence electrons. The molecule has 10 heteroatoms. The van der Waals surface area contributed by atoms with Gasteiger partial charge in [-0.2, -0.15) is 0 Å². The highest BCUT2D eigenvalue weighted by Gasteiger charge is 2.27. The molecule has 0 saturated carbocycles. The number of nitrogens with zero attached hydrogens (tertiary/aromatic N) is 1. The largest absolute Gasteiger partial charge is 0.756 e. The smallest absolute Gasteiger partial charge is 0.306 e. The molecule has 0 saturated heterocycles. The lowest BCUT2D eigenvalue weighted by molar-refractivity contribution is -0.870. The van der Waals surface area contributed by atoms with Crippen LogP contribution in [-0.4, -0.2) is 69.4 Å². The van der Waals surface area contributed by atoms with Crippen molar-refractivity contribution in [1.29, 1.82) is 0 Å². The van der Waals surface area contributed by atoms with Gasteiger partial charge in [0.2, 0.25) is 5.91 Å². The van der Waals surface area contributed by atoms with Crippen LogP contribution in [0.25, 0.3) is 0 Å². The SMILES string of the molecule is CC/C=C\C/C=C\C/C=C\C/C=C\C/C=C\C/C=C\CCCCCCCCCCC(=O)NC(COP(=O)([O-])OCC[N+](C)(C)C)C(/C=C\CCCCCCCCCCC)OC(=O)CCCCC/C=C\CCCCCCCCC. The van der Waals surface area contributed by atoms with Gasteiger partial charge in [-0.1, -0.05) is 247 Å². The summed E-state index contributed by atoms with van der Waals surface area (Å²) in [5.41, 5.74) is 0. The van der Waals surface area contributed by atoms with Gasteiger partial charge in [0, 0.05) is 12.8 Å². The summed E-state index contributed by atoms with van der Waals surface area (Å²) in [4.78, 5) is 40.0. The molecule has 0 fully saturated rings. The minimum Gasteiger partial charge on any atom is -0.756 e. The molecule has 0 spiro atoms. The number of quaternary nitrogens is 1. The van der Waals surface area contributed by atoms with Crippen molar-refractivity contribution in [3.63, 3.8) is 0 Å². The number of carbonyl (C=O) groups is 2. The second kappa shape index (κ2) is 57.2. The average molecular weight is 1110 g/mol. The number of esters is 1. The van der Waals surface area contributed by atoms with Crippen molar-refractivity contribution in [2.24, 2.45) is 0 Å². The van der Waals surface area contributed by atoms with Crippen molar-refractivity contribution in [3.05, 3.63) is 97.2 Å². The summed E-state index contributed by atoms with van der Waals surface area (Å²) in [6.07, 6.45) is 76.7. The summed E-state index contributed by atoms with van der Waals surface area (Å²) in [7, 11) is 1.16. The Hall–Kier alpha value is -3.07. The third-order valence-electron chi connectivity index (χ3n) is 13.7. The molecule has 1 amide bonds. The van der Waals surface area contributed by atoms with Crippen LogP contribution in [0.4, 0.5) is 0 Å². The molecule has 3 atom stereocenters. The van der Waals surface area contributed by atoms with E-state index in [-0.39, 0.29) is 24.9 Å². The molecule has 9 nitrogen and oxygen atoms in total. The highest BCUT2D eigenvalue weighted by atomic mass is 31.2. The standard InChI is InChI=1S/C68H121N2O7P/c1-7-10-13-16-19-22-25-27-29-30-31-32-33-34-35-36-37-38-39-40-41-42-45-48-51-54-57-60-67(71)69-65(64-76-78(73,74)75-63-62-70(4,5)6)66(59-56-53-50-47-44-24-21-18-15-12-9-3)77-68(72)61-58-55-52-49-46-43-28-26-23-20-17-14-11-8-2/h10,13,19,22,27,29,31-32,34-35,37-38,43,46,56,59,65-66H,7-9,11-12,14-18,20-21,23-26,28,30,33,36,39-42,44-45,47-55,57-58,60-64H2,1-6H3,(H-,69,71,73,74)/b13-10-,22-19-,29-27-,32-31-,35-34-,38-37-,46-43-,59-56-. The van der Waals surface area contributed by atoms with Crippen LogP contribution in [0.2, 0.25) is 0 Å². The third-order valence-corrected chi connectivity index (χ3v) is 14.7. The molecule has 1 N–H and O–H groups in total. The number of nitrogens with one attached hydrogen (secondary N) is 1. The summed E-state index contributed by atoms with van der Waals surface area (Å²) in [5.74, 6) is -0.572. The van der Waals surface area contributed by atoms with Crippen LogP contribution in [0.3, 0.4) is 0 Å². The Kier molecular flexibility index (Phi) is 54.9. The lowest BCUT2D eigenvalue weighted by Gasteiger charge is -2.30. The topological polar surface area (TPSA) is 114 Å². The molecule has 78 heavy (non-hydrogen) atoms. The fraction of sp³-hybridized carbons (Fsp3) is 0.735. The molecule has 0 aliphatic carbocycles. The molecule has 0 radical (unpaired) electrons. The second-order valence-electron chi connectivity index (χ2n) is 22.5. The molecule has 0 bridgehead atoms. The predicted molar refractivity (Wildman–Crippen MR) is 334 cm³/mol. The van der Waals surface area contributed by atoms with Crippen molar-refractivity contribution < 1.29 is 37.3 Å². The van der Waals surface area contributed by atoms with Gasteiger partial charge in [-0.3, -0.25) is 14.2 Å².